The molecule has 306 valence electrons. The van der Waals surface area contributed by atoms with E-state index in [1.165, 1.54) is 161 Å². The summed E-state index contributed by atoms with van der Waals surface area (Å²) in [7, 11) is 0. The number of aliphatic hydroxyl groups is 3. The minimum Gasteiger partial charge on any atom is -0.394 e. The molecule has 0 aliphatic heterocycles. The van der Waals surface area contributed by atoms with Crippen molar-refractivity contribution >= 4 is 5.91 Å². The lowest BCUT2D eigenvalue weighted by atomic mass is 10.0. The highest BCUT2D eigenvalue weighted by Crippen LogP contribution is 2.15. The van der Waals surface area contributed by atoms with Crippen molar-refractivity contribution in [2.24, 2.45) is 0 Å². The van der Waals surface area contributed by atoms with Gasteiger partial charge >= 0.3 is 0 Å². The largest absolute Gasteiger partial charge is 0.394 e. The molecule has 5 nitrogen and oxygen atoms in total. The molecule has 0 bridgehead atoms. The van der Waals surface area contributed by atoms with E-state index in [1.54, 1.807) is 0 Å². The summed E-state index contributed by atoms with van der Waals surface area (Å²) in [5, 5.41) is 33.4. The second-order valence-corrected chi connectivity index (χ2v) is 15.6. The van der Waals surface area contributed by atoms with Gasteiger partial charge in [0.05, 0.1) is 18.8 Å². The van der Waals surface area contributed by atoms with Crippen LogP contribution in [0.1, 0.15) is 232 Å². The van der Waals surface area contributed by atoms with E-state index in [9.17, 15) is 20.1 Å². The average molecular weight is 732 g/mol. The van der Waals surface area contributed by atoms with Crippen LogP contribution in [0, 0.1) is 0 Å². The molecule has 4 N–H and O–H groups in total. The molecule has 3 unspecified atom stereocenters. The summed E-state index contributed by atoms with van der Waals surface area (Å²) in [6.07, 6.45) is 52.7. The minimum absolute atomic E-state index is 0.161. The van der Waals surface area contributed by atoms with Crippen LogP contribution in [0.4, 0.5) is 0 Å². The molecule has 3 atom stereocenters. The SMILES string of the molecule is CCCCCC/C=C/CC/C=C/CCCC(O)C(O)C(CO)NC(=O)CCCCCCCCCCC/C=C\CCCCCCCCCCCCCC. The highest BCUT2D eigenvalue weighted by atomic mass is 16.3. The Labute approximate surface area is 324 Å². The molecule has 0 spiro atoms. The number of unbranched alkanes of at least 4 members (excludes halogenated alkanes) is 27. The van der Waals surface area contributed by atoms with Crippen molar-refractivity contribution in [2.45, 2.75) is 250 Å². The molecule has 0 aliphatic carbocycles. The minimum atomic E-state index is -1.17. The van der Waals surface area contributed by atoms with Crippen LogP contribution in [-0.4, -0.2) is 46.1 Å². The molecule has 0 radical (unpaired) electrons. The molecular formula is C47H89NO4. The fourth-order valence-corrected chi connectivity index (χ4v) is 6.88. The van der Waals surface area contributed by atoms with E-state index in [-0.39, 0.29) is 12.5 Å². The molecular weight excluding hydrogens is 643 g/mol. The zero-order valence-electron chi connectivity index (χ0n) is 34.7. The number of carbonyl (C=O) groups excluding carboxylic acids is 1. The van der Waals surface area contributed by atoms with Gasteiger partial charge in [-0.05, 0) is 77.0 Å². The van der Waals surface area contributed by atoms with Crippen LogP contribution in [0.3, 0.4) is 0 Å². The zero-order chi connectivity index (χ0) is 38.0. The van der Waals surface area contributed by atoms with Gasteiger partial charge in [0, 0.05) is 6.42 Å². The first-order chi connectivity index (χ1) is 25.6. The van der Waals surface area contributed by atoms with E-state index in [0.717, 1.165) is 44.9 Å². The number of hydrogen-bond donors (Lipinski definition) is 4. The van der Waals surface area contributed by atoms with Crippen LogP contribution in [0.25, 0.3) is 0 Å². The third-order valence-electron chi connectivity index (χ3n) is 10.4. The smallest absolute Gasteiger partial charge is 0.220 e. The van der Waals surface area contributed by atoms with Crippen LogP contribution >= 0.6 is 0 Å². The van der Waals surface area contributed by atoms with Gasteiger partial charge < -0.3 is 20.6 Å². The summed E-state index contributed by atoms with van der Waals surface area (Å²) in [5.74, 6) is -0.161. The molecule has 0 fully saturated rings. The molecule has 0 heterocycles. The Morgan fingerprint density at radius 3 is 1.19 bits per heavy atom. The van der Waals surface area contributed by atoms with Gasteiger partial charge in [-0.15, -0.1) is 0 Å². The summed E-state index contributed by atoms with van der Waals surface area (Å²) in [4.78, 5) is 12.4. The maximum Gasteiger partial charge on any atom is 0.220 e. The number of allylic oxidation sites excluding steroid dienone is 6. The summed E-state index contributed by atoms with van der Waals surface area (Å²) in [6.45, 7) is 4.14. The number of aliphatic hydroxyl groups excluding tert-OH is 3. The van der Waals surface area contributed by atoms with Crippen molar-refractivity contribution in [3.8, 4) is 0 Å². The normalized spacial score (nSPS) is 13.9. The van der Waals surface area contributed by atoms with Crippen molar-refractivity contribution in [1.82, 2.24) is 5.32 Å². The Bertz CT molecular complexity index is 809. The molecule has 0 aliphatic rings. The third kappa shape index (κ3) is 36.9. The molecule has 0 aromatic heterocycles. The van der Waals surface area contributed by atoms with Crippen molar-refractivity contribution in [3.05, 3.63) is 36.5 Å². The number of hydrogen-bond acceptors (Lipinski definition) is 4. The van der Waals surface area contributed by atoms with Crippen molar-refractivity contribution in [3.63, 3.8) is 0 Å². The fourth-order valence-electron chi connectivity index (χ4n) is 6.88. The summed E-state index contributed by atoms with van der Waals surface area (Å²) in [6, 6.07) is -0.832. The van der Waals surface area contributed by atoms with Gasteiger partial charge in [0.15, 0.2) is 0 Å². The molecule has 0 aromatic carbocycles. The van der Waals surface area contributed by atoms with E-state index in [4.69, 9.17) is 0 Å². The van der Waals surface area contributed by atoms with E-state index >= 15 is 0 Å². The van der Waals surface area contributed by atoms with Gasteiger partial charge in [0.25, 0.3) is 0 Å². The van der Waals surface area contributed by atoms with Gasteiger partial charge in [0.1, 0.15) is 6.10 Å². The highest BCUT2D eigenvalue weighted by molar-refractivity contribution is 5.76. The molecule has 0 saturated carbocycles. The van der Waals surface area contributed by atoms with E-state index in [1.807, 2.05) is 0 Å². The Morgan fingerprint density at radius 1 is 0.462 bits per heavy atom. The van der Waals surface area contributed by atoms with Gasteiger partial charge in [-0.2, -0.15) is 0 Å². The first-order valence-corrected chi connectivity index (χ1v) is 22.8. The summed E-state index contributed by atoms with van der Waals surface area (Å²) in [5.41, 5.74) is 0. The van der Waals surface area contributed by atoms with Crippen LogP contribution in [0.5, 0.6) is 0 Å². The second-order valence-electron chi connectivity index (χ2n) is 15.6. The lowest BCUT2D eigenvalue weighted by Crippen LogP contribution is -2.50. The second kappa shape index (κ2) is 42.3. The predicted octanol–water partition coefficient (Wildman–Crippen LogP) is 13.2. The maximum atomic E-state index is 12.4. The van der Waals surface area contributed by atoms with Crippen LogP contribution in [-0.2, 0) is 4.79 Å². The lowest BCUT2D eigenvalue weighted by Gasteiger charge is -2.26. The highest BCUT2D eigenvalue weighted by Gasteiger charge is 2.26. The number of carbonyl (C=O) groups is 1. The Morgan fingerprint density at radius 2 is 0.788 bits per heavy atom. The molecule has 0 saturated heterocycles. The average Bonchev–Trinajstić information content (AvgIpc) is 3.15. The van der Waals surface area contributed by atoms with Crippen molar-refractivity contribution in [2.75, 3.05) is 6.61 Å². The Kier molecular flexibility index (Phi) is 41.1. The predicted molar refractivity (Wildman–Crippen MR) is 227 cm³/mol. The monoisotopic (exact) mass is 732 g/mol. The standard InChI is InChI=1S/C47H89NO4/c1-3-5-7-9-11-13-15-17-18-19-20-21-22-23-24-25-26-27-28-30-32-34-36-38-40-42-46(51)48-44(43-49)47(52)45(50)41-39-37-35-33-31-29-16-14-12-10-8-6-4-2/h14,16,23-24,33,35,44-45,47,49-50,52H,3-13,15,17-22,25-32,34,36-43H2,1-2H3,(H,48,51)/b16-14+,24-23-,35-33+. The first kappa shape index (κ1) is 50.6. The van der Waals surface area contributed by atoms with Gasteiger partial charge in [-0.25, -0.2) is 0 Å². The molecule has 1 amide bonds. The topological polar surface area (TPSA) is 89.8 Å². The zero-order valence-corrected chi connectivity index (χ0v) is 34.7. The molecule has 0 rings (SSSR count). The van der Waals surface area contributed by atoms with Crippen molar-refractivity contribution < 1.29 is 20.1 Å². The van der Waals surface area contributed by atoms with E-state index in [2.05, 4.69) is 55.6 Å². The van der Waals surface area contributed by atoms with Gasteiger partial charge in [-0.1, -0.05) is 185 Å². The number of nitrogens with one attached hydrogen (secondary N) is 1. The van der Waals surface area contributed by atoms with Crippen LogP contribution in [0.2, 0.25) is 0 Å². The van der Waals surface area contributed by atoms with Gasteiger partial charge in [-0.3, -0.25) is 4.79 Å². The van der Waals surface area contributed by atoms with Crippen LogP contribution < -0.4 is 5.32 Å². The fraction of sp³-hybridized carbons (Fsp3) is 0.851. The maximum absolute atomic E-state index is 12.4. The molecule has 0 aromatic rings. The summed E-state index contributed by atoms with van der Waals surface area (Å²) >= 11 is 0. The summed E-state index contributed by atoms with van der Waals surface area (Å²) < 4.78 is 0. The third-order valence-corrected chi connectivity index (χ3v) is 10.4. The molecule has 52 heavy (non-hydrogen) atoms. The van der Waals surface area contributed by atoms with E-state index in [0.29, 0.717) is 12.8 Å². The number of rotatable bonds is 41. The van der Waals surface area contributed by atoms with E-state index < -0.39 is 18.2 Å². The van der Waals surface area contributed by atoms with Crippen molar-refractivity contribution in [1.29, 1.82) is 0 Å². The van der Waals surface area contributed by atoms with Crippen LogP contribution in [0.15, 0.2) is 36.5 Å². The quantitative estimate of drug-likeness (QED) is 0.0372. The van der Waals surface area contributed by atoms with Gasteiger partial charge in [0.2, 0.25) is 5.91 Å². The first-order valence-electron chi connectivity index (χ1n) is 22.8. The Balaban J connectivity index is 3.62. The molecule has 5 heteroatoms. The number of amides is 1. The Hall–Kier alpha value is -1.43. The lowest BCUT2D eigenvalue weighted by molar-refractivity contribution is -0.124.